The quantitative estimate of drug-likeness (QED) is 0.439. The molecular formula is C25H26O2. The van der Waals surface area contributed by atoms with Crippen LogP contribution in [0, 0.1) is 0 Å². The molecule has 0 aliphatic rings. The summed E-state index contributed by atoms with van der Waals surface area (Å²) in [4.78, 5) is 0. The van der Waals surface area contributed by atoms with E-state index in [1.165, 1.54) is 11.1 Å². The predicted octanol–water partition coefficient (Wildman–Crippen LogP) is 6.31. The van der Waals surface area contributed by atoms with Gasteiger partial charge in [-0.15, -0.1) is 0 Å². The number of hydrogen-bond acceptors (Lipinski definition) is 2. The van der Waals surface area contributed by atoms with E-state index in [2.05, 4.69) is 50.2 Å². The summed E-state index contributed by atoms with van der Waals surface area (Å²) in [6, 6.07) is 26.6. The first-order valence-electron chi connectivity index (χ1n) is 9.51. The highest BCUT2D eigenvalue weighted by Crippen LogP contribution is 2.19. The van der Waals surface area contributed by atoms with Crippen molar-refractivity contribution in [2.24, 2.45) is 0 Å². The second kappa shape index (κ2) is 9.63. The average Bonchev–Trinajstić information content (AvgIpc) is 2.73. The number of hydrogen-bond donors (Lipinski definition) is 0. The lowest BCUT2D eigenvalue weighted by atomic mass is 10.1. The second-order valence-corrected chi connectivity index (χ2v) is 6.41. The van der Waals surface area contributed by atoms with Crippen LogP contribution in [0.25, 0.3) is 6.08 Å². The maximum atomic E-state index is 6.12. The van der Waals surface area contributed by atoms with Gasteiger partial charge < -0.3 is 9.47 Å². The Hall–Kier alpha value is -3.00. The third-order valence-corrected chi connectivity index (χ3v) is 4.42. The van der Waals surface area contributed by atoms with Crippen LogP contribution in [-0.2, 0) is 12.8 Å². The lowest BCUT2D eigenvalue weighted by Gasteiger charge is -2.13. The minimum Gasteiger partial charge on any atom is -0.486 e. The SMILES string of the molecule is CCc1ccc(OC/C(=C\c2ccccc2)Oc2ccc(CC)cc2)cc1. The zero-order chi connectivity index (χ0) is 18.9. The summed E-state index contributed by atoms with van der Waals surface area (Å²) < 4.78 is 12.1. The summed E-state index contributed by atoms with van der Waals surface area (Å²) in [5.41, 5.74) is 3.68. The van der Waals surface area contributed by atoms with E-state index in [4.69, 9.17) is 9.47 Å². The molecule has 0 amide bonds. The molecule has 0 saturated carbocycles. The Bertz CT molecular complexity index is 847. The van der Waals surface area contributed by atoms with Crippen LogP contribution >= 0.6 is 0 Å². The van der Waals surface area contributed by atoms with Gasteiger partial charge in [0.2, 0.25) is 0 Å². The van der Waals surface area contributed by atoms with Crippen LogP contribution in [0.15, 0.2) is 84.6 Å². The molecule has 0 saturated heterocycles. The topological polar surface area (TPSA) is 18.5 Å². The summed E-state index contributed by atoms with van der Waals surface area (Å²) in [5, 5.41) is 0. The van der Waals surface area contributed by atoms with E-state index in [9.17, 15) is 0 Å². The van der Waals surface area contributed by atoms with E-state index >= 15 is 0 Å². The zero-order valence-electron chi connectivity index (χ0n) is 16.0. The van der Waals surface area contributed by atoms with E-state index in [0.29, 0.717) is 6.61 Å². The summed E-state index contributed by atoms with van der Waals surface area (Å²) in [6.07, 6.45) is 4.06. The standard InChI is InChI=1S/C25H26O2/c1-3-20-10-14-23(15-11-20)26-19-25(18-22-8-6-5-7-9-22)27-24-16-12-21(4-2)13-17-24/h5-18H,3-4,19H2,1-2H3/b25-18+. The molecule has 0 aliphatic carbocycles. The fraction of sp³-hybridized carbons (Fsp3) is 0.200. The van der Waals surface area contributed by atoms with Crippen LogP contribution in [0.3, 0.4) is 0 Å². The largest absolute Gasteiger partial charge is 0.486 e. The number of aryl methyl sites for hydroxylation is 2. The van der Waals surface area contributed by atoms with Gasteiger partial charge in [0.25, 0.3) is 0 Å². The maximum absolute atomic E-state index is 6.12. The van der Waals surface area contributed by atoms with E-state index in [1.807, 2.05) is 48.5 Å². The molecule has 3 aromatic rings. The lowest BCUT2D eigenvalue weighted by molar-refractivity contribution is 0.283. The Kier molecular flexibility index (Phi) is 6.70. The molecule has 0 atom stereocenters. The van der Waals surface area contributed by atoms with Gasteiger partial charge in [-0.2, -0.15) is 0 Å². The van der Waals surface area contributed by atoms with E-state index < -0.39 is 0 Å². The third-order valence-electron chi connectivity index (χ3n) is 4.42. The molecule has 0 aromatic heterocycles. The van der Waals surface area contributed by atoms with Gasteiger partial charge in [-0.1, -0.05) is 68.4 Å². The van der Waals surface area contributed by atoms with Crippen LogP contribution in [0.2, 0.25) is 0 Å². The first-order valence-corrected chi connectivity index (χ1v) is 9.51. The first kappa shape index (κ1) is 18.8. The van der Waals surface area contributed by atoms with Crippen LogP contribution in [-0.4, -0.2) is 6.61 Å². The normalized spacial score (nSPS) is 11.3. The molecule has 0 aliphatic heterocycles. The Morgan fingerprint density at radius 3 is 1.81 bits per heavy atom. The Morgan fingerprint density at radius 2 is 1.26 bits per heavy atom. The molecular weight excluding hydrogens is 332 g/mol. The average molecular weight is 358 g/mol. The molecule has 0 spiro atoms. The van der Waals surface area contributed by atoms with Crippen molar-refractivity contribution in [2.45, 2.75) is 26.7 Å². The molecule has 2 heteroatoms. The van der Waals surface area contributed by atoms with Crippen molar-refractivity contribution in [3.8, 4) is 11.5 Å². The van der Waals surface area contributed by atoms with Gasteiger partial charge >= 0.3 is 0 Å². The molecule has 0 heterocycles. The summed E-state index contributed by atoms with van der Waals surface area (Å²) in [6.45, 7) is 4.67. The summed E-state index contributed by atoms with van der Waals surface area (Å²) in [5.74, 6) is 2.43. The molecule has 0 unspecified atom stereocenters. The Morgan fingerprint density at radius 1 is 0.704 bits per heavy atom. The highest BCUT2D eigenvalue weighted by Gasteiger charge is 2.05. The predicted molar refractivity (Wildman–Crippen MR) is 112 cm³/mol. The van der Waals surface area contributed by atoms with Crippen LogP contribution in [0.1, 0.15) is 30.5 Å². The van der Waals surface area contributed by atoms with Crippen molar-refractivity contribution in [2.75, 3.05) is 6.61 Å². The molecule has 0 fully saturated rings. The second-order valence-electron chi connectivity index (χ2n) is 6.41. The van der Waals surface area contributed by atoms with Crippen molar-refractivity contribution in [3.05, 3.63) is 101 Å². The van der Waals surface area contributed by atoms with Crippen LogP contribution in [0.4, 0.5) is 0 Å². The van der Waals surface area contributed by atoms with Gasteiger partial charge in [-0.3, -0.25) is 0 Å². The Balaban J connectivity index is 1.75. The van der Waals surface area contributed by atoms with Gasteiger partial charge in [0.1, 0.15) is 23.9 Å². The van der Waals surface area contributed by atoms with Gasteiger partial charge in [0.15, 0.2) is 0 Å². The molecule has 0 N–H and O–H groups in total. The van der Waals surface area contributed by atoms with Crippen LogP contribution in [0.5, 0.6) is 11.5 Å². The maximum Gasteiger partial charge on any atom is 0.146 e. The summed E-state index contributed by atoms with van der Waals surface area (Å²) >= 11 is 0. The Labute approximate surface area is 162 Å². The van der Waals surface area contributed by atoms with Crippen molar-refractivity contribution in [1.82, 2.24) is 0 Å². The van der Waals surface area contributed by atoms with Crippen LogP contribution < -0.4 is 9.47 Å². The number of benzene rings is 3. The molecule has 27 heavy (non-hydrogen) atoms. The smallest absolute Gasteiger partial charge is 0.146 e. The fourth-order valence-corrected chi connectivity index (χ4v) is 2.76. The summed E-state index contributed by atoms with van der Waals surface area (Å²) in [7, 11) is 0. The molecule has 3 rings (SSSR count). The van der Waals surface area contributed by atoms with Gasteiger partial charge in [-0.25, -0.2) is 0 Å². The van der Waals surface area contributed by atoms with Crippen molar-refractivity contribution in [1.29, 1.82) is 0 Å². The minimum atomic E-state index is 0.371. The molecule has 0 bridgehead atoms. The zero-order valence-corrected chi connectivity index (χ0v) is 16.0. The van der Waals surface area contributed by atoms with E-state index in [-0.39, 0.29) is 0 Å². The molecule has 2 nitrogen and oxygen atoms in total. The monoisotopic (exact) mass is 358 g/mol. The third kappa shape index (κ3) is 5.75. The van der Waals surface area contributed by atoms with Gasteiger partial charge in [0, 0.05) is 0 Å². The molecule has 0 radical (unpaired) electrons. The van der Waals surface area contributed by atoms with Gasteiger partial charge in [0.05, 0.1) is 0 Å². The fourth-order valence-electron chi connectivity index (χ4n) is 2.76. The highest BCUT2D eigenvalue weighted by atomic mass is 16.5. The van der Waals surface area contributed by atoms with E-state index in [1.54, 1.807) is 0 Å². The number of ether oxygens (including phenoxy) is 2. The van der Waals surface area contributed by atoms with Crippen molar-refractivity contribution < 1.29 is 9.47 Å². The first-order chi connectivity index (χ1) is 13.3. The van der Waals surface area contributed by atoms with Crippen molar-refractivity contribution in [3.63, 3.8) is 0 Å². The molecule has 138 valence electrons. The van der Waals surface area contributed by atoms with Gasteiger partial charge in [-0.05, 0) is 59.9 Å². The van der Waals surface area contributed by atoms with E-state index in [0.717, 1.165) is 35.7 Å². The number of rotatable bonds is 8. The van der Waals surface area contributed by atoms with Crippen molar-refractivity contribution >= 4 is 6.08 Å². The highest BCUT2D eigenvalue weighted by molar-refractivity contribution is 5.52. The molecule has 3 aromatic carbocycles. The lowest BCUT2D eigenvalue weighted by Crippen LogP contribution is -2.07. The minimum absolute atomic E-state index is 0.371.